The smallest absolute Gasteiger partial charge is 0.185 e. The van der Waals surface area contributed by atoms with E-state index in [-0.39, 0.29) is 10.9 Å². The molecule has 0 spiro atoms. The lowest BCUT2D eigenvalue weighted by Gasteiger charge is -1.98. The summed E-state index contributed by atoms with van der Waals surface area (Å²) in [4.78, 5) is 10.7. The highest BCUT2D eigenvalue weighted by atomic mass is 32.2. The van der Waals surface area contributed by atoms with E-state index in [1.54, 1.807) is 19.9 Å². The maximum atomic E-state index is 13.0. The summed E-state index contributed by atoms with van der Waals surface area (Å²) in [6.45, 7) is 3.32. The fourth-order valence-corrected chi connectivity index (χ4v) is 1.80. The molecule has 0 N–H and O–H groups in total. The Balaban J connectivity index is 2.44. The van der Waals surface area contributed by atoms with Crippen LogP contribution in [0.2, 0.25) is 0 Å². The number of benzene rings is 1. The van der Waals surface area contributed by atoms with Crippen molar-refractivity contribution in [3.8, 4) is 0 Å². The third-order valence-corrected chi connectivity index (χ3v) is 2.93. The van der Waals surface area contributed by atoms with Gasteiger partial charge in [0, 0.05) is 12.7 Å². The van der Waals surface area contributed by atoms with Crippen molar-refractivity contribution in [1.29, 1.82) is 0 Å². The Morgan fingerprint density at radius 1 is 1.50 bits per heavy atom. The van der Waals surface area contributed by atoms with Crippen molar-refractivity contribution in [1.82, 2.24) is 0 Å². The third-order valence-electron chi connectivity index (χ3n) is 2.08. The van der Waals surface area contributed by atoms with Gasteiger partial charge in [0.05, 0.1) is 0 Å². The second kappa shape index (κ2) is 6.48. The first-order valence-electron chi connectivity index (χ1n) is 5.15. The Labute approximate surface area is 99.7 Å². The number of halogens is 1. The summed E-state index contributed by atoms with van der Waals surface area (Å²) in [6.07, 6.45) is 4.80. The van der Waals surface area contributed by atoms with Crippen molar-refractivity contribution in [2.45, 2.75) is 20.3 Å². The molecule has 0 aliphatic carbocycles. The quantitative estimate of drug-likeness (QED) is 0.742. The Hall–Kier alpha value is -1.09. The molecule has 1 aromatic rings. The molecule has 0 radical (unpaired) electrons. The molecular formula is C13H15FOS. The van der Waals surface area contributed by atoms with Crippen molar-refractivity contribution >= 4 is 23.0 Å². The number of hydrogen-bond acceptors (Lipinski definition) is 2. The van der Waals surface area contributed by atoms with Crippen LogP contribution in [0, 0.1) is 12.7 Å². The van der Waals surface area contributed by atoms with E-state index < -0.39 is 0 Å². The van der Waals surface area contributed by atoms with E-state index in [0.29, 0.717) is 5.56 Å². The van der Waals surface area contributed by atoms with E-state index in [1.807, 2.05) is 18.2 Å². The lowest BCUT2D eigenvalue weighted by molar-refractivity contribution is -0.109. The minimum Gasteiger partial charge on any atom is -0.288 e. The van der Waals surface area contributed by atoms with Crippen LogP contribution in [0.1, 0.15) is 24.5 Å². The lowest BCUT2D eigenvalue weighted by atomic mass is 10.1. The fraction of sp³-hybridized carbons (Fsp3) is 0.308. The predicted molar refractivity (Wildman–Crippen MR) is 67.9 cm³/mol. The van der Waals surface area contributed by atoms with Crippen molar-refractivity contribution in [3.63, 3.8) is 0 Å². The van der Waals surface area contributed by atoms with Gasteiger partial charge in [-0.15, -0.1) is 0 Å². The summed E-state index contributed by atoms with van der Waals surface area (Å²) < 4.78 is 13.0. The van der Waals surface area contributed by atoms with Crippen molar-refractivity contribution in [2.75, 3.05) is 5.75 Å². The summed E-state index contributed by atoms with van der Waals surface area (Å²) in [7, 11) is 0. The SMILES string of the molecule is CC(=O)SCCC=Cc1ccc(F)c(C)c1. The molecule has 0 aliphatic rings. The van der Waals surface area contributed by atoms with Gasteiger partial charge in [-0.05, 0) is 36.6 Å². The van der Waals surface area contributed by atoms with Crippen molar-refractivity contribution in [2.24, 2.45) is 0 Å². The molecular weight excluding hydrogens is 223 g/mol. The predicted octanol–water partition coefficient (Wildman–Crippen LogP) is 3.82. The Morgan fingerprint density at radius 3 is 2.88 bits per heavy atom. The number of rotatable bonds is 4. The number of thioether (sulfide) groups is 1. The molecule has 0 saturated heterocycles. The first-order valence-corrected chi connectivity index (χ1v) is 6.14. The van der Waals surface area contributed by atoms with Gasteiger partial charge in [-0.2, -0.15) is 0 Å². The van der Waals surface area contributed by atoms with Gasteiger partial charge in [0.25, 0.3) is 0 Å². The molecule has 0 aromatic heterocycles. The number of aryl methyl sites for hydroxylation is 1. The molecule has 16 heavy (non-hydrogen) atoms. The number of carbonyl (C=O) groups is 1. The average Bonchev–Trinajstić information content (AvgIpc) is 2.22. The van der Waals surface area contributed by atoms with Crippen LogP contribution in [0.3, 0.4) is 0 Å². The molecule has 0 aliphatic heterocycles. The van der Waals surface area contributed by atoms with Crippen LogP contribution in [-0.4, -0.2) is 10.9 Å². The van der Waals surface area contributed by atoms with Gasteiger partial charge in [-0.3, -0.25) is 4.79 Å². The minimum atomic E-state index is -0.177. The van der Waals surface area contributed by atoms with Crippen LogP contribution in [-0.2, 0) is 4.79 Å². The summed E-state index contributed by atoms with van der Waals surface area (Å²) in [5.41, 5.74) is 1.65. The maximum Gasteiger partial charge on any atom is 0.185 e. The molecule has 1 rings (SSSR count). The molecule has 1 aromatic carbocycles. The van der Waals surface area contributed by atoms with Crippen LogP contribution >= 0.6 is 11.8 Å². The van der Waals surface area contributed by atoms with E-state index in [0.717, 1.165) is 17.7 Å². The van der Waals surface area contributed by atoms with Gasteiger partial charge < -0.3 is 0 Å². The highest BCUT2D eigenvalue weighted by Crippen LogP contribution is 2.11. The molecule has 0 heterocycles. The number of allylic oxidation sites excluding steroid dienone is 1. The van der Waals surface area contributed by atoms with Gasteiger partial charge >= 0.3 is 0 Å². The van der Waals surface area contributed by atoms with Gasteiger partial charge in [-0.25, -0.2) is 4.39 Å². The largest absolute Gasteiger partial charge is 0.288 e. The molecule has 0 bridgehead atoms. The normalized spacial score (nSPS) is 10.9. The Morgan fingerprint density at radius 2 is 2.25 bits per heavy atom. The molecule has 86 valence electrons. The van der Waals surface area contributed by atoms with Crippen LogP contribution in [0.5, 0.6) is 0 Å². The molecule has 1 nitrogen and oxygen atoms in total. The molecule has 3 heteroatoms. The second-order valence-corrected chi connectivity index (χ2v) is 4.81. The van der Waals surface area contributed by atoms with Gasteiger partial charge in [-0.1, -0.05) is 30.0 Å². The number of carbonyl (C=O) groups excluding carboxylic acids is 1. The van der Waals surface area contributed by atoms with Crippen LogP contribution < -0.4 is 0 Å². The van der Waals surface area contributed by atoms with Crippen LogP contribution in [0.4, 0.5) is 4.39 Å². The van der Waals surface area contributed by atoms with Crippen molar-refractivity contribution in [3.05, 3.63) is 41.2 Å². The van der Waals surface area contributed by atoms with E-state index in [4.69, 9.17) is 0 Å². The maximum absolute atomic E-state index is 13.0. The summed E-state index contributed by atoms with van der Waals surface area (Å²) in [5, 5.41) is 0.144. The third kappa shape index (κ3) is 4.62. The van der Waals surface area contributed by atoms with E-state index in [1.165, 1.54) is 17.8 Å². The monoisotopic (exact) mass is 238 g/mol. The molecule has 0 atom stereocenters. The minimum absolute atomic E-state index is 0.144. The van der Waals surface area contributed by atoms with E-state index >= 15 is 0 Å². The molecule has 0 amide bonds. The Kier molecular flexibility index (Phi) is 5.26. The average molecular weight is 238 g/mol. The molecule has 0 unspecified atom stereocenters. The topological polar surface area (TPSA) is 17.1 Å². The standard InChI is InChI=1S/C13H15FOS/c1-10-9-12(6-7-13(10)14)5-3-4-8-16-11(2)15/h3,5-7,9H,4,8H2,1-2H3. The highest BCUT2D eigenvalue weighted by Gasteiger charge is 1.96. The van der Waals surface area contributed by atoms with Crippen molar-refractivity contribution < 1.29 is 9.18 Å². The fourth-order valence-electron chi connectivity index (χ4n) is 1.26. The van der Waals surface area contributed by atoms with Gasteiger partial charge in [0.15, 0.2) is 5.12 Å². The molecule has 0 saturated carbocycles. The first-order chi connectivity index (χ1) is 7.59. The number of hydrogen-bond donors (Lipinski definition) is 0. The summed E-state index contributed by atoms with van der Waals surface area (Å²) in [5.74, 6) is 0.621. The lowest BCUT2D eigenvalue weighted by Crippen LogP contribution is -1.84. The zero-order valence-corrected chi connectivity index (χ0v) is 10.3. The second-order valence-electron chi connectivity index (χ2n) is 3.54. The van der Waals surface area contributed by atoms with Crippen LogP contribution in [0.25, 0.3) is 6.08 Å². The first kappa shape index (κ1) is 13.0. The van der Waals surface area contributed by atoms with Gasteiger partial charge in [0.2, 0.25) is 0 Å². The zero-order valence-electron chi connectivity index (χ0n) is 9.50. The summed E-state index contributed by atoms with van der Waals surface area (Å²) in [6, 6.07) is 5.03. The zero-order chi connectivity index (χ0) is 12.0. The van der Waals surface area contributed by atoms with Gasteiger partial charge in [0.1, 0.15) is 5.82 Å². The highest BCUT2D eigenvalue weighted by molar-refractivity contribution is 8.13. The molecule has 0 fully saturated rings. The van der Waals surface area contributed by atoms with E-state index in [2.05, 4.69) is 0 Å². The summed E-state index contributed by atoms with van der Waals surface area (Å²) >= 11 is 1.32. The Bertz CT molecular complexity index is 399. The van der Waals surface area contributed by atoms with Crippen LogP contribution in [0.15, 0.2) is 24.3 Å². The van der Waals surface area contributed by atoms with E-state index in [9.17, 15) is 9.18 Å².